The predicted octanol–water partition coefficient (Wildman–Crippen LogP) is 3.77. The fourth-order valence-corrected chi connectivity index (χ4v) is 3.39. The molecule has 2 amide bonds. The second-order valence-corrected chi connectivity index (χ2v) is 6.60. The van der Waals surface area contributed by atoms with Crippen molar-refractivity contribution in [3.8, 4) is 11.1 Å². The summed E-state index contributed by atoms with van der Waals surface area (Å²) < 4.78 is 14.6. The summed E-state index contributed by atoms with van der Waals surface area (Å²) >= 11 is 0. The molecule has 2 N–H and O–H groups in total. The number of carbonyl (C=O) groups is 2. The van der Waals surface area contributed by atoms with Crippen molar-refractivity contribution < 1.29 is 14.0 Å². The second-order valence-electron chi connectivity index (χ2n) is 6.60. The van der Waals surface area contributed by atoms with Crippen LogP contribution in [0.5, 0.6) is 0 Å². The number of benzene rings is 2. The summed E-state index contributed by atoms with van der Waals surface area (Å²) in [4.78, 5) is 24.9. The molecule has 0 radical (unpaired) electrons. The smallest absolute Gasteiger partial charge is 0.251 e. The Morgan fingerprint density at radius 2 is 1.89 bits per heavy atom. The van der Waals surface area contributed by atoms with Gasteiger partial charge < -0.3 is 10.6 Å². The Morgan fingerprint density at radius 3 is 2.57 bits per heavy atom. The first-order chi connectivity index (χ1) is 13.6. The molecule has 142 valence electrons. The van der Waals surface area contributed by atoms with Gasteiger partial charge in [-0.1, -0.05) is 37.3 Å². The molecule has 28 heavy (non-hydrogen) atoms. The van der Waals surface area contributed by atoms with Crippen LogP contribution in [0.2, 0.25) is 0 Å². The molecular formula is C21H19FN4O2. The number of rotatable bonds is 5. The van der Waals surface area contributed by atoms with Crippen LogP contribution >= 0.6 is 0 Å². The van der Waals surface area contributed by atoms with Gasteiger partial charge in [-0.05, 0) is 36.2 Å². The topological polar surface area (TPSA) is 76.0 Å². The second kappa shape index (κ2) is 7.26. The molecule has 7 heteroatoms. The molecular weight excluding hydrogens is 359 g/mol. The Morgan fingerprint density at radius 1 is 1.18 bits per heavy atom. The number of aryl methyl sites for hydroxylation is 1. The van der Waals surface area contributed by atoms with E-state index in [0.29, 0.717) is 17.9 Å². The standard InChI is InChI=1S/C21H19FN4O2/c1-2-16-19(13-6-4-3-5-7-13)20-24-21(28)17(26(20)25-16)12-18(27)23-15-10-8-14(22)9-11-15/h3-11,17H,2,12H2,1H3,(H,23,27)(H,24,28). The van der Waals surface area contributed by atoms with Crippen LogP contribution in [0.1, 0.15) is 25.1 Å². The van der Waals surface area contributed by atoms with E-state index in [2.05, 4.69) is 15.7 Å². The van der Waals surface area contributed by atoms with Crippen molar-refractivity contribution in [2.45, 2.75) is 25.8 Å². The van der Waals surface area contributed by atoms with E-state index in [1.165, 1.54) is 24.3 Å². The van der Waals surface area contributed by atoms with Gasteiger partial charge in [-0.25, -0.2) is 9.07 Å². The molecule has 1 aliphatic rings. The van der Waals surface area contributed by atoms with E-state index in [9.17, 15) is 14.0 Å². The third kappa shape index (κ3) is 3.26. The molecule has 4 rings (SSSR count). The molecule has 1 unspecified atom stereocenters. The van der Waals surface area contributed by atoms with E-state index in [1.807, 2.05) is 37.3 Å². The van der Waals surface area contributed by atoms with Crippen molar-refractivity contribution in [3.05, 3.63) is 66.1 Å². The number of nitrogens with zero attached hydrogens (tertiary/aromatic N) is 2. The fraction of sp³-hybridized carbons (Fsp3) is 0.190. The third-order valence-electron chi connectivity index (χ3n) is 4.73. The molecule has 2 aromatic carbocycles. The van der Waals surface area contributed by atoms with Crippen molar-refractivity contribution in [2.24, 2.45) is 0 Å². The molecule has 3 aromatic rings. The quantitative estimate of drug-likeness (QED) is 0.710. The predicted molar refractivity (Wildman–Crippen MR) is 104 cm³/mol. The normalized spacial score (nSPS) is 15.2. The van der Waals surface area contributed by atoms with E-state index in [4.69, 9.17) is 0 Å². The number of hydrogen-bond donors (Lipinski definition) is 2. The van der Waals surface area contributed by atoms with Gasteiger partial charge in [-0.15, -0.1) is 0 Å². The number of anilines is 2. The number of halogens is 1. The number of nitrogens with one attached hydrogen (secondary N) is 2. The average molecular weight is 378 g/mol. The zero-order valence-electron chi connectivity index (χ0n) is 15.3. The summed E-state index contributed by atoms with van der Waals surface area (Å²) in [5.41, 5.74) is 3.20. The lowest BCUT2D eigenvalue weighted by molar-refractivity contribution is -0.123. The van der Waals surface area contributed by atoms with Gasteiger partial charge in [0.25, 0.3) is 5.91 Å². The Labute approximate surface area is 161 Å². The summed E-state index contributed by atoms with van der Waals surface area (Å²) in [6.45, 7) is 2.00. The monoisotopic (exact) mass is 378 g/mol. The molecule has 0 spiro atoms. The Bertz CT molecular complexity index is 1030. The molecule has 0 bridgehead atoms. The summed E-state index contributed by atoms with van der Waals surface area (Å²) in [5, 5.41) is 10.2. The molecule has 0 fully saturated rings. The Balaban J connectivity index is 1.59. The van der Waals surface area contributed by atoms with Crippen molar-refractivity contribution in [1.29, 1.82) is 0 Å². The van der Waals surface area contributed by atoms with Crippen LogP contribution in [0.15, 0.2) is 54.6 Å². The van der Waals surface area contributed by atoms with Crippen molar-refractivity contribution in [2.75, 3.05) is 10.6 Å². The molecule has 0 saturated carbocycles. The van der Waals surface area contributed by atoms with Crippen LogP contribution in [-0.4, -0.2) is 21.6 Å². The van der Waals surface area contributed by atoms with Crippen LogP contribution in [0, 0.1) is 5.82 Å². The van der Waals surface area contributed by atoms with Crippen molar-refractivity contribution in [1.82, 2.24) is 9.78 Å². The first-order valence-electron chi connectivity index (χ1n) is 9.10. The van der Waals surface area contributed by atoms with Crippen molar-refractivity contribution >= 4 is 23.3 Å². The highest BCUT2D eigenvalue weighted by Crippen LogP contribution is 2.38. The summed E-state index contributed by atoms with van der Waals surface area (Å²) in [5.74, 6) is -0.367. The van der Waals surface area contributed by atoms with Crippen LogP contribution in [0.4, 0.5) is 15.9 Å². The minimum absolute atomic E-state index is 0.0602. The number of aromatic nitrogens is 2. The lowest BCUT2D eigenvalue weighted by Gasteiger charge is -2.10. The Kier molecular flexibility index (Phi) is 4.65. The van der Waals surface area contributed by atoms with Gasteiger partial charge in [0, 0.05) is 11.3 Å². The van der Waals surface area contributed by atoms with E-state index >= 15 is 0 Å². The highest BCUT2D eigenvalue weighted by molar-refractivity contribution is 6.04. The fourth-order valence-electron chi connectivity index (χ4n) is 3.39. The highest BCUT2D eigenvalue weighted by atomic mass is 19.1. The SMILES string of the molecule is CCc1nn2c(c1-c1ccccc1)NC(=O)C2CC(=O)Nc1ccc(F)cc1. The molecule has 1 aromatic heterocycles. The number of amides is 2. The molecule has 1 aliphatic heterocycles. The average Bonchev–Trinajstić information content (AvgIpc) is 3.20. The minimum atomic E-state index is -0.724. The van der Waals surface area contributed by atoms with Gasteiger partial charge >= 0.3 is 0 Å². The van der Waals surface area contributed by atoms with Crippen LogP contribution in [0.25, 0.3) is 11.1 Å². The van der Waals surface area contributed by atoms with Gasteiger partial charge in [-0.2, -0.15) is 5.10 Å². The lowest BCUT2D eigenvalue weighted by atomic mass is 10.0. The maximum absolute atomic E-state index is 13.0. The van der Waals surface area contributed by atoms with Crippen LogP contribution < -0.4 is 10.6 Å². The van der Waals surface area contributed by atoms with E-state index < -0.39 is 6.04 Å². The zero-order valence-corrected chi connectivity index (χ0v) is 15.3. The molecule has 0 aliphatic carbocycles. The zero-order chi connectivity index (χ0) is 19.7. The maximum Gasteiger partial charge on any atom is 0.251 e. The first kappa shape index (κ1) is 17.9. The Hall–Kier alpha value is -3.48. The molecule has 6 nitrogen and oxygen atoms in total. The number of fused-ring (bicyclic) bond motifs is 1. The summed E-state index contributed by atoms with van der Waals surface area (Å²) in [7, 11) is 0. The minimum Gasteiger partial charge on any atom is -0.326 e. The largest absolute Gasteiger partial charge is 0.326 e. The molecule has 1 atom stereocenters. The highest BCUT2D eigenvalue weighted by Gasteiger charge is 2.36. The van der Waals surface area contributed by atoms with Crippen LogP contribution in [-0.2, 0) is 16.0 Å². The number of carbonyl (C=O) groups excluding carboxylic acids is 2. The summed E-state index contributed by atoms with van der Waals surface area (Å²) in [6.07, 6.45) is 0.643. The van der Waals surface area contributed by atoms with Gasteiger partial charge in [0.15, 0.2) is 0 Å². The maximum atomic E-state index is 13.0. The summed E-state index contributed by atoms with van der Waals surface area (Å²) in [6, 6.07) is 14.5. The molecule has 2 heterocycles. The van der Waals surface area contributed by atoms with E-state index in [-0.39, 0.29) is 24.1 Å². The first-order valence-corrected chi connectivity index (χ1v) is 9.10. The van der Waals surface area contributed by atoms with Gasteiger partial charge in [0.1, 0.15) is 17.7 Å². The van der Waals surface area contributed by atoms with Gasteiger partial charge in [-0.3, -0.25) is 9.59 Å². The van der Waals surface area contributed by atoms with Gasteiger partial charge in [0.2, 0.25) is 5.91 Å². The van der Waals surface area contributed by atoms with Crippen LogP contribution in [0.3, 0.4) is 0 Å². The molecule has 0 saturated heterocycles. The van der Waals surface area contributed by atoms with Gasteiger partial charge in [0.05, 0.1) is 12.1 Å². The third-order valence-corrected chi connectivity index (χ3v) is 4.73. The van der Waals surface area contributed by atoms with E-state index in [0.717, 1.165) is 16.8 Å². The number of hydrogen-bond acceptors (Lipinski definition) is 3. The lowest BCUT2D eigenvalue weighted by Crippen LogP contribution is -2.23. The van der Waals surface area contributed by atoms with E-state index in [1.54, 1.807) is 4.68 Å². The van der Waals surface area contributed by atoms with Crippen molar-refractivity contribution in [3.63, 3.8) is 0 Å².